The normalized spacial score (nSPS) is 12.2. The zero-order chi connectivity index (χ0) is 21.4. The van der Waals surface area contributed by atoms with E-state index in [1.807, 2.05) is 0 Å². The van der Waals surface area contributed by atoms with E-state index in [4.69, 9.17) is 14.0 Å². The SMILES string of the molecule is O=C(Cn1cccc1-c1nc(-c2ccc3c(c2)OCO3)no1)Nc1ccc(F)cc1F. The minimum absolute atomic E-state index is 0.108. The first-order chi connectivity index (χ1) is 15.1. The summed E-state index contributed by atoms with van der Waals surface area (Å²) in [7, 11) is 0. The van der Waals surface area contributed by atoms with Crippen molar-refractivity contribution in [1.82, 2.24) is 14.7 Å². The third-order valence-corrected chi connectivity index (χ3v) is 4.62. The molecule has 0 spiro atoms. The molecule has 1 aliphatic rings. The fourth-order valence-electron chi connectivity index (χ4n) is 3.16. The van der Waals surface area contributed by atoms with E-state index in [1.165, 1.54) is 0 Å². The maximum Gasteiger partial charge on any atom is 0.274 e. The summed E-state index contributed by atoms with van der Waals surface area (Å²) in [5, 5.41) is 6.41. The summed E-state index contributed by atoms with van der Waals surface area (Å²) in [6.07, 6.45) is 1.65. The topological polar surface area (TPSA) is 91.4 Å². The lowest BCUT2D eigenvalue weighted by molar-refractivity contribution is -0.116. The van der Waals surface area contributed by atoms with Crippen LogP contribution in [0.2, 0.25) is 0 Å². The van der Waals surface area contributed by atoms with Gasteiger partial charge < -0.3 is 23.9 Å². The number of rotatable bonds is 5. The number of benzene rings is 2. The minimum Gasteiger partial charge on any atom is -0.454 e. The molecule has 31 heavy (non-hydrogen) atoms. The molecule has 0 unspecified atom stereocenters. The summed E-state index contributed by atoms with van der Waals surface area (Å²) < 4.78 is 44.4. The van der Waals surface area contributed by atoms with Gasteiger partial charge in [-0.1, -0.05) is 5.16 Å². The van der Waals surface area contributed by atoms with Crippen molar-refractivity contribution in [1.29, 1.82) is 0 Å². The molecule has 3 heterocycles. The fourth-order valence-corrected chi connectivity index (χ4v) is 3.16. The van der Waals surface area contributed by atoms with Crippen molar-refractivity contribution in [2.75, 3.05) is 12.1 Å². The Hall–Kier alpha value is -4.21. The van der Waals surface area contributed by atoms with Crippen molar-refractivity contribution >= 4 is 11.6 Å². The molecule has 156 valence electrons. The van der Waals surface area contributed by atoms with Gasteiger partial charge >= 0.3 is 0 Å². The molecule has 0 saturated heterocycles. The molecule has 4 aromatic rings. The first-order valence-corrected chi connectivity index (χ1v) is 9.21. The van der Waals surface area contributed by atoms with Crippen molar-refractivity contribution in [2.24, 2.45) is 0 Å². The zero-order valence-corrected chi connectivity index (χ0v) is 15.8. The molecule has 1 N–H and O–H groups in total. The van der Waals surface area contributed by atoms with Crippen molar-refractivity contribution in [3.63, 3.8) is 0 Å². The van der Waals surface area contributed by atoms with E-state index in [0.717, 1.165) is 12.1 Å². The summed E-state index contributed by atoms with van der Waals surface area (Å²) >= 11 is 0. The van der Waals surface area contributed by atoms with Crippen LogP contribution in [0.15, 0.2) is 59.3 Å². The second-order valence-corrected chi connectivity index (χ2v) is 6.68. The second-order valence-electron chi connectivity index (χ2n) is 6.68. The molecule has 2 aromatic heterocycles. The highest BCUT2D eigenvalue weighted by atomic mass is 19.1. The van der Waals surface area contributed by atoms with E-state index in [2.05, 4.69) is 15.5 Å². The highest BCUT2D eigenvalue weighted by molar-refractivity contribution is 5.91. The Bertz CT molecular complexity index is 1280. The van der Waals surface area contributed by atoms with Gasteiger partial charge in [0.2, 0.25) is 18.5 Å². The minimum atomic E-state index is -0.855. The van der Waals surface area contributed by atoms with E-state index >= 15 is 0 Å². The molecule has 0 atom stereocenters. The van der Waals surface area contributed by atoms with Gasteiger partial charge in [-0.05, 0) is 42.5 Å². The molecule has 0 bridgehead atoms. The highest BCUT2D eigenvalue weighted by Gasteiger charge is 2.19. The smallest absolute Gasteiger partial charge is 0.274 e. The number of anilines is 1. The predicted molar refractivity (Wildman–Crippen MR) is 104 cm³/mol. The van der Waals surface area contributed by atoms with Crippen molar-refractivity contribution in [3.05, 3.63) is 66.4 Å². The molecule has 0 aliphatic carbocycles. The Kier molecular flexibility index (Phi) is 4.58. The molecular weight excluding hydrogens is 410 g/mol. The summed E-state index contributed by atoms with van der Waals surface area (Å²) in [5.74, 6) is -0.290. The van der Waals surface area contributed by atoms with Crippen LogP contribution in [0.1, 0.15) is 0 Å². The Morgan fingerprint density at radius 1 is 1.10 bits per heavy atom. The van der Waals surface area contributed by atoms with E-state index in [-0.39, 0.29) is 24.9 Å². The van der Waals surface area contributed by atoms with E-state index in [0.29, 0.717) is 34.6 Å². The molecule has 0 saturated carbocycles. The first kappa shape index (κ1) is 18.8. The zero-order valence-electron chi connectivity index (χ0n) is 15.8. The summed E-state index contributed by atoms with van der Waals surface area (Å²) in [5.41, 5.74) is 1.08. The lowest BCUT2D eigenvalue weighted by Gasteiger charge is -2.09. The van der Waals surface area contributed by atoms with Gasteiger partial charge in [-0.3, -0.25) is 4.79 Å². The van der Waals surface area contributed by atoms with Crippen LogP contribution in [0.25, 0.3) is 23.0 Å². The van der Waals surface area contributed by atoms with E-state index in [9.17, 15) is 13.6 Å². The molecular formula is C21H14F2N4O4. The van der Waals surface area contributed by atoms with Crippen LogP contribution < -0.4 is 14.8 Å². The largest absolute Gasteiger partial charge is 0.454 e. The Morgan fingerprint density at radius 2 is 1.97 bits per heavy atom. The molecule has 1 amide bonds. The maximum atomic E-state index is 13.8. The number of nitrogens with one attached hydrogen (secondary N) is 1. The number of carbonyl (C=O) groups excluding carboxylic acids is 1. The second kappa shape index (κ2) is 7.56. The lowest BCUT2D eigenvalue weighted by atomic mass is 10.2. The van der Waals surface area contributed by atoms with Gasteiger partial charge in [0.25, 0.3) is 5.89 Å². The highest BCUT2D eigenvalue weighted by Crippen LogP contribution is 2.35. The number of hydrogen-bond acceptors (Lipinski definition) is 6. The number of carbonyl (C=O) groups is 1. The van der Waals surface area contributed by atoms with Crippen LogP contribution in [0.5, 0.6) is 11.5 Å². The summed E-state index contributed by atoms with van der Waals surface area (Å²) in [4.78, 5) is 16.7. The van der Waals surface area contributed by atoms with Crippen LogP contribution in [-0.4, -0.2) is 27.4 Å². The van der Waals surface area contributed by atoms with E-state index in [1.54, 1.807) is 41.1 Å². The molecule has 0 fully saturated rings. The van der Waals surface area contributed by atoms with Gasteiger partial charge in [-0.2, -0.15) is 4.98 Å². The van der Waals surface area contributed by atoms with Crippen molar-refractivity contribution in [2.45, 2.75) is 6.54 Å². The predicted octanol–water partition coefficient (Wildman–Crippen LogP) is 3.85. The van der Waals surface area contributed by atoms with Crippen molar-refractivity contribution < 1.29 is 27.6 Å². The van der Waals surface area contributed by atoms with Gasteiger partial charge in [-0.25, -0.2) is 8.78 Å². The molecule has 5 rings (SSSR count). The van der Waals surface area contributed by atoms with Crippen LogP contribution in [0, 0.1) is 11.6 Å². The first-order valence-electron chi connectivity index (χ1n) is 9.21. The Balaban J connectivity index is 1.34. The van der Waals surface area contributed by atoms with Gasteiger partial charge in [0.05, 0.1) is 5.69 Å². The molecule has 10 heteroatoms. The summed E-state index contributed by atoms with van der Waals surface area (Å²) in [6, 6.07) is 11.6. The standard InChI is InChI=1S/C21H14F2N4O4/c22-13-4-5-15(14(23)9-13)24-19(28)10-27-7-1-2-16(27)21-25-20(26-31-21)12-3-6-17-18(8-12)30-11-29-17/h1-9H,10-11H2,(H,24,28). The number of nitrogens with zero attached hydrogens (tertiary/aromatic N) is 3. The average molecular weight is 424 g/mol. The number of ether oxygens (including phenoxy) is 2. The number of halogens is 2. The molecule has 0 radical (unpaired) electrons. The molecule has 2 aromatic carbocycles. The number of fused-ring (bicyclic) bond motifs is 1. The van der Waals surface area contributed by atoms with Gasteiger partial charge in [0.15, 0.2) is 11.5 Å². The van der Waals surface area contributed by atoms with Gasteiger partial charge in [0.1, 0.15) is 23.9 Å². The summed E-state index contributed by atoms with van der Waals surface area (Å²) in [6.45, 7) is 0.0224. The van der Waals surface area contributed by atoms with Crippen LogP contribution in [0.3, 0.4) is 0 Å². The Morgan fingerprint density at radius 3 is 2.84 bits per heavy atom. The van der Waals surface area contributed by atoms with Crippen LogP contribution in [-0.2, 0) is 11.3 Å². The van der Waals surface area contributed by atoms with E-state index < -0.39 is 17.5 Å². The Labute approximate surface area is 174 Å². The monoisotopic (exact) mass is 424 g/mol. The molecule has 8 nitrogen and oxygen atoms in total. The van der Waals surface area contributed by atoms with Crippen LogP contribution in [0.4, 0.5) is 14.5 Å². The number of amides is 1. The molecule has 1 aliphatic heterocycles. The van der Waals surface area contributed by atoms with Gasteiger partial charge in [-0.15, -0.1) is 0 Å². The van der Waals surface area contributed by atoms with Crippen molar-refractivity contribution in [3.8, 4) is 34.5 Å². The number of aromatic nitrogens is 3. The van der Waals surface area contributed by atoms with Gasteiger partial charge in [0, 0.05) is 17.8 Å². The number of hydrogen-bond donors (Lipinski definition) is 1. The fraction of sp³-hybridized carbons (Fsp3) is 0.0952. The van der Waals surface area contributed by atoms with Crippen LogP contribution >= 0.6 is 0 Å². The average Bonchev–Trinajstić information content (AvgIpc) is 3.49. The third-order valence-electron chi connectivity index (χ3n) is 4.62. The quantitative estimate of drug-likeness (QED) is 0.523. The third kappa shape index (κ3) is 3.70. The maximum absolute atomic E-state index is 13.8. The lowest BCUT2D eigenvalue weighted by Crippen LogP contribution is -2.19.